The number of ether oxygens (including phenoxy) is 1. The number of nitrogens with zero attached hydrogens (tertiary/aromatic N) is 1. The molecule has 0 heterocycles. The van der Waals surface area contributed by atoms with Crippen LogP contribution in [0.4, 0.5) is 10.5 Å². The fourth-order valence-corrected chi connectivity index (χ4v) is 2.43. The molecule has 19 heavy (non-hydrogen) atoms. The predicted molar refractivity (Wildman–Crippen MR) is 82.4 cm³/mol. The van der Waals surface area contributed by atoms with Crippen molar-refractivity contribution < 1.29 is 9.53 Å². The molecule has 1 rings (SSSR count). The number of amides is 2. The second-order valence-corrected chi connectivity index (χ2v) is 5.44. The van der Waals surface area contributed by atoms with Crippen LogP contribution >= 0.6 is 11.8 Å². The second kappa shape index (κ2) is 7.28. The van der Waals surface area contributed by atoms with E-state index >= 15 is 0 Å². The quantitative estimate of drug-likeness (QED) is 0.901. The van der Waals surface area contributed by atoms with Crippen molar-refractivity contribution >= 4 is 23.5 Å². The van der Waals surface area contributed by atoms with E-state index in [2.05, 4.69) is 5.32 Å². The molecule has 0 aliphatic rings. The molecule has 1 atom stereocenters. The van der Waals surface area contributed by atoms with E-state index in [1.54, 1.807) is 23.8 Å². The van der Waals surface area contributed by atoms with Gasteiger partial charge in [-0.2, -0.15) is 11.8 Å². The van der Waals surface area contributed by atoms with Gasteiger partial charge in [0.25, 0.3) is 0 Å². The molecule has 1 N–H and O–H groups in total. The second-order valence-electron chi connectivity index (χ2n) is 4.53. The number of hydrogen-bond acceptors (Lipinski definition) is 3. The maximum atomic E-state index is 12.1. The number of anilines is 1. The highest BCUT2D eigenvalue weighted by Crippen LogP contribution is 2.21. The predicted octanol–water partition coefficient (Wildman–Crippen LogP) is 3.22. The van der Waals surface area contributed by atoms with E-state index in [9.17, 15) is 4.79 Å². The van der Waals surface area contributed by atoms with E-state index in [-0.39, 0.29) is 12.1 Å². The molecule has 0 aliphatic heterocycles. The Bertz CT molecular complexity index is 437. The molecule has 106 valence electrons. The van der Waals surface area contributed by atoms with Crippen LogP contribution in [0, 0.1) is 6.92 Å². The van der Waals surface area contributed by atoms with Gasteiger partial charge in [0.15, 0.2) is 0 Å². The maximum Gasteiger partial charge on any atom is 0.321 e. The molecular weight excluding hydrogens is 260 g/mol. The number of hydrogen-bond donors (Lipinski definition) is 1. The Morgan fingerprint density at radius 2 is 2.21 bits per heavy atom. The Balaban J connectivity index is 2.69. The molecule has 0 unspecified atom stereocenters. The van der Waals surface area contributed by atoms with E-state index in [0.29, 0.717) is 0 Å². The number of thioether (sulfide) groups is 1. The largest absolute Gasteiger partial charge is 0.496 e. The van der Waals surface area contributed by atoms with Gasteiger partial charge >= 0.3 is 6.03 Å². The third kappa shape index (κ3) is 4.35. The lowest BCUT2D eigenvalue weighted by Gasteiger charge is -2.24. The average Bonchev–Trinajstić information content (AvgIpc) is 2.38. The minimum atomic E-state index is -0.0916. The monoisotopic (exact) mass is 282 g/mol. The molecule has 0 bridgehead atoms. The van der Waals surface area contributed by atoms with Gasteiger partial charge in [0.1, 0.15) is 5.75 Å². The van der Waals surface area contributed by atoms with Crippen LogP contribution in [0.15, 0.2) is 18.2 Å². The number of carbonyl (C=O) groups excluding carboxylic acids is 1. The van der Waals surface area contributed by atoms with Crippen molar-refractivity contribution in [1.29, 1.82) is 0 Å². The molecule has 5 heteroatoms. The van der Waals surface area contributed by atoms with E-state index < -0.39 is 0 Å². The molecule has 1 aromatic rings. The summed E-state index contributed by atoms with van der Waals surface area (Å²) in [7, 11) is 3.45. The number of rotatable bonds is 5. The number of urea groups is 1. The summed E-state index contributed by atoms with van der Waals surface area (Å²) in [6.45, 7) is 3.99. The summed E-state index contributed by atoms with van der Waals surface area (Å²) < 4.78 is 5.20. The third-order valence-corrected chi connectivity index (χ3v) is 3.85. The smallest absolute Gasteiger partial charge is 0.321 e. The van der Waals surface area contributed by atoms with Crippen LogP contribution in [0.2, 0.25) is 0 Å². The van der Waals surface area contributed by atoms with Crippen LogP contribution in [0.5, 0.6) is 5.75 Å². The number of nitrogens with one attached hydrogen (secondary N) is 1. The van der Waals surface area contributed by atoms with Crippen molar-refractivity contribution in [2.24, 2.45) is 0 Å². The van der Waals surface area contributed by atoms with Gasteiger partial charge in [-0.05, 0) is 43.9 Å². The lowest BCUT2D eigenvalue weighted by Crippen LogP contribution is -2.39. The van der Waals surface area contributed by atoms with Crippen molar-refractivity contribution in [2.45, 2.75) is 19.9 Å². The summed E-state index contributed by atoms with van der Waals surface area (Å²) in [6, 6.07) is 5.72. The van der Waals surface area contributed by atoms with E-state index in [4.69, 9.17) is 4.74 Å². The Labute approximate surface area is 119 Å². The SMILES string of the molecule is COc1ccc(NC(=O)N(C)[C@@H](C)CSC)cc1C. The van der Waals surface area contributed by atoms with E-state index in [0.717, 1.165) is 22.8 Å². The number of benzene rings is 1. The van der Waals surface area contributed by atoms with Crippen molar-refractivity contribution in [3.05, 3.63) is 23.8 Å². The molecule has 4 nitrogen and oxygen atoms in total. The average molecular weight is 282 g/mol. The molecule has 0 aliphatic carbocycles. The van der Waals surface area contributed by atoms with Crippen LogP contribution in [0.25, 0.3) is 0 Å². The highest BCUT2D eigenvalue weighted by molar-refractivity contribution is 7.98. The van der Waals surface area contributed by atoms with Crippen LogP contribution in [0.1, 0.15) is 12.5 Å². The molecule has 0 saturated heterocycles. The summed E-state index contributed by atoms with van der Waals surface area (Å²) in [4.78, 5) is 13.8. The highest BCUT2D eigenvalue weighted by Gasteiger charge is 2.15. The Morgan fingerprint density at radius 1 is 1.53 bits per heavy atom. The maximum absolute atomic E-state index is 12.1. The lowest BCUT2D eigenvalue weighted by molar-refractivity contribution is 0.212. The van der Waals surface area contributed by atoms with Gasteiger partial charge in [0.05, 0.1) is 7.11 Å². The number of aryl methyl sites for hydroxylation is 1. The lowest BCUT2D eigenvalue weighted by atomic mass is 10.2. The van der Waals surface area contributed by atoms with Crippen LogP contribution in [0.3, 0.4) is 0 Å². The van der Waals surface area contributed by atoms with Gasteiger partial charge in [0, 0.05) is 24.5 Å². The summed E-state index contributed by atoms with van der Waals surface area (Å²) in [6.07, 6.45) is 2.04. The number of carbonyl (C=O) groups is 1. The Kier molecular flexibility index (Phi) is 6.02. The van der Waals surface area contributed by atoms with Crippen LogP contribution in [-0.2, 0) is 0 Å². The molecule has 1 aromatic carbocycles. The minimum Gasteiger partial charge on any atom is -0.496 e. The Morgan fingerprint density at radius 3 is 2.74 bits per heavy atom. The molecule has 0 aromatic heterocycles. The first-order chi connectivity index (χ1) is 8.99. The molecule has 2 amide bonds. The van der Waals surface area contributed by atoms with E-state index in [1.165, 1.54) is 0 Å². The van der Waals surface area contributed by atoms with Gasteiger partial charge in [-0.3, -0.25) is 0 Å². The zero-order chi connectivity index (χ0) is 14.4. The first-order valence-corrected chi connectivity index (χ1v) is 7.56. The summed E-state index contributed by atoms with van der Waals surface area (Å²) >= 11 is 1.73. The first-order valence-electron chi connectivity index (χ1n) is 6.17. The van der Waals surface area contributed by atoms with E-state index in [1.807, 2.05) is 45.4 Å². The van der Waals surface area contributed by atoms with Crippen LogP contribution in [-0.4, -0.2) is 43.1 Å². The third-order valence-electron chi connectivity index (χ3n) is 3.04. The van der Waals surface area contributed by atoms with Crippen molar-refractivity contribution in [3.63, 3.8) is 0 Å². The molecule has 0 spiro atoms. The molecule has 0 radical (unpaired) electrons. The molecular formula is C14H22N2O2S. The fourth-order valence-electron chi connectivity index (χ4n) is 1.72. The van der Waals surface area contributed by atoms with Gasteiger partial charge in [-0.25, -0.2) is 4.79 Å². The molecule has 0 fully saturated rings. The fraction of sp³-hybridized carbons (Fsp3) is 0.500. The van der Waals surface area contributed by atoms with Gasteiger partial charge in [-0.1, -0.05) is 0 Å². The van der Waals surface area contributed by atoms with Crippen molar-refractivity contribution in [1.82, 2.24) is 4.90 Å². The summed E-state index contributed by atoms with van der Waals surface area (Å²) in [5, 5.41) is 2.90. The van der Waals surface area contributed by atoms with Crippen molar-refractivity contribution in [2.75, 3.05) is 31.5 Å². The van der Waals surface area contributed by atoms with Gasteiger partial charge < -0.3 is 15.0 Å². The minimum absolute atomic E-state index is 0.0916. The normalized spacial score (nSPS) is 11.8. The Hall–Kier alpha value is -1.36. The zero-order valence-electron chi connectivity index (χ0n) is 12.2. The number of methoxy groups -OCH3 is 1. The first kappa shape index (κ1) is 15.7. The van der Waals surface area contributed by atoms with Gasteiger partial charge in [-0.15, -0.1) is 0 Å². The highest BCUT2D eigenvalue weighted by atomic mass is 32.2. The van der Waals surface area contributed by atoms with Crippen LogP contribution < -0.4 is 10.1 Å². The molecule has 0 saturated carbocycles. The summed E-state index contributed by atoms with van der Waals surface area (Å²) in [5.41, 5.74) is 1.78. The summed E-state index contributed by atoms with van der Waals surface area (Å²) in [5.74, 6) is 1.74. The standard InChI is InChI=1S/C14H22N2O2S/c1-10-8-12(6-7-13(10)18-4)15-14(17)16(3)11(2)9-19-5/h6-8,11H,9H2,1-5H3,(H,15,17)/t11-/m0/s1. The topological polar surface area (TPSA) is 41.6 Å². The van der Waals surface area contributed by atoms with Gasteiger partial charge in [0.2, 0.25) is 0 Å². The van der Waals surface area contributed by atoms with Crippen molar-refractivity contribution in [3.8, 4) is 5.75 Å². The zero-order valence-corrected chi connectivity index (χ0v) is 13.0.